The van der Waals surface area contributed by atoms with Crippen molar-refractivity contribution in [1.29, 1.82) is 0 Å². The topological polar surface area (TPSA) is 33.6 Å². The number of H-pyrrole nitrogens is 1. The maximum atomic E-state index is 13.1. The van der Waals surface area contributed by atoms with Crippen molar-refractivity contribution in [2.45, 2.75) is 38.6 Å². The molecule has 0 spiro atoms. The van der Waals surface area contributed by atoms with Gasteiger partial charge in [-0.25, -0.2) is 4.39 Å². The lowest BCUT2D eigenvalue weighted by atomic mass is 10.1. The predicted octanol–water partition coefficient (Wildman–Crippen LogP) is 3.51. The summed E-state index contributed by atoms with van der Waals surface area (Å²) in [6, 6.07) is 4.94. The molecule has 1 aromatic heterocycles. The molecule has 0 radical (unpaired) electrons. The number of halogens is 1. The van der Waals surface area contributed by atoms with Gasteiger partial charge in [0, 0.05) is 12.5 Å². The Morgan fingerprint density at radius 2 is 2.26 bits per heavy atom. The number of nitrogens with one attached hydrogen (secondary N) is 1. The van der Waals surface area contributed by atoms with Crippen LogP contribution in [0.5, 0.6) is 0 Å². The molecule has 2 aromatic rings. The van der Waals surface area contributed by atoms with Crippen molar-refractivity contribution in [3.05, 3.63) is 45.7 Å². The van der Waals surface area contributed by atoms with E-state index in [0.29, 0.717) is 10.7 Å². The summed E-state index contributed by atoms with van der Waals surface area (Å²) in [5, 5.41) is 7.19. The predicted molar refractivity (Wildman–Crippen MR) is 74.2 cm³/mol. The van der Waals surface area contributed by atoms with Gasteiger partial charge in [-0.05, 0) is 61.7 Å². The third-order valence-corrected chi connectivity index (χ3v) is 3.95. The maximum Gasteiger partial charge on any atom is 0.195 e. The van der Waals surface area contributed by atoms with E-state index in [-0.39, 0.29) is 5.82 Å². The Hall–Kier alpha value is -1.49. The van der Waals surface area contributed by atoms with Crippen molar-refractivity contribution in [3.8, 4) is 0 Å². The van der Waals surface area contributed by atoms with Gasteiger partial charge in [0.1, 0.15) is 11.6 Å². The maximum absolute atomic E-state index is 13.1. The summed E-state index contributed by atoms with van der Waals surface area (Å²) in [6.45, 7) is 2.74. The van der Waals surface area contributed by atoms with Crippen LogP contribution in [0.1, 0.15) is 35.7 Å². The minimum atomic E-state index is -0.181. The lowest BCUT2D eigenvalue weighted by molar-refractivity contribution is 0.620. The van der Waals surface area contributed by atoms with Gasteiger partial charge in [-0.3, -0.25) is 5.10 Å². The second-order valence-corrected chi connectivity index (χ2v) is 5.52. The molecule has 3 nitrogen and oxygen atoms in total. The molecule has 0 amide bonds. The van der Waals surface area contributed by atoms with E-state index in [4.69, 9.17) is 12.2 Å². The first kappa shape index (κ1) is 12.5. The Morgan fingerprint density at radius 1 is 1.47 bits per heavy atom. The molecule has 0 aliphatic heterocycles. The summed E-state index contributed by atoms with van der Waals surface area (Å²) in [5.74, 6) is 1.46. The van der Waals surface area contributed by atoms with Crippen molar-refractivity contribution >= 4 is 12.2 Å². The van der Waals surface area contributed by atoms with E-state index in [2.05, 4.69) is 14.8 Å². The minimum Gasteiger partial charge on any atom is -0.304 e. The van der Waals surface area contributed by atoms with Crippen LogP contribution in [0.15, 0.2) is 18.2 Å². The van der Waals surface area contributed by atoms with Crippen molar-refractivity contribution in [3.63, 3.8) is 0 Å². The summed E-state index contributed by atoms with van der Waals surface area (Å²) in [6.07, 6.45) is 3.25. The van der Waals surface area contributed by atoms with Crippen molar-refractivity contribution in [1.82, 2.24) is 14.8 Å². The van der Waals surface area contributed by atoms with E-state index in [0.717, 1.165) is 29.9 Å². The van der Waals surface area contributed by atoms with E-state index in [1.165, 1.54) is 18.9 Å². The SMILES string of the molecule is Cc1cc(F)ccc1CCn1c(C2CC2)n[nH]c1=S. The second kappa shape index (κ2) is 4.89. The Balaban J connectivity index is 1.79. The molecule has 0 bridgehead atoms. The van der Waals surface area contributed by atoms with Crippen LogP contribution < -0.4 is 0 Å². The smallest absolute Gasteiger partial charge is 0.195 e. The average molecular weight is 277 g/mol. The Morgan fingerprint density at radius 3 is 2.95 bits per heavy atom. The quantitative estimate of drug-likeness (QED) is 0.868. The average Bonchev–Trinajstić information content (AvgIpc) is 3.14. The summed E-state index contributed by atoms with van der Waals surface area (Å²) in [5.41, 5.74) is 2.15. The Kier molecular flexibility index (Phi) is 3.22. The summed E-state index contributed by atoms with van der Waals surface area (Å²) >= 11 is 5.27. The zero-order chi connectivity index (χ0) is 13.4. The zero-order valence-corrected chi connectivity index (χ0v) is 11.6. The van der Waals surface area contributed by atoms with E-state index in [1.807, 2.05) is 13.0 Å². The lowest BCUT2D eigenvalue weighted by Gasteiger charge is -2.08. The van der Waals surface area contributed by atoms with E-state index in [9.17, 15) is 4.39 Å². The first-order valence-electron chi connectivity index (χ1n) is 6.55. The highest BCUT2D eigenvalue weighted by molar-refractivity contribution is 7.71. The highest BCUT2D eigenvalue weighted by atomic mass is 32.1. The number of nitrogens with zero attached hydrogens (tertiary/aromatic N) is 2. The van der Waals surface area contributed by atoms with Gasteiger partial charge in [-0.15, -0.1) is 0 Å². The summed E-state index contributed by atoms with van der Waals surface area (Å²) in [4.78, 5) is 0. The minimum absolute atomic E-state index is 0.181. The molecule has 0 atom stereocenters. The van der Waals surface area contributed by atoms with Crippen molar-refractivity contribution in [2.75, 3.05) is 0 Å². The molecule has 1 aromatic carbocycles. The van der Waals surface area contributed by atoms with Gasteiger partial charge in [-0.2, -0.15) is 5.10 Å². The van der Waals surface area contributed by atoms with Gasteiger partial charge in [0.15, 0.2) is 4.77 Å². The summed E-state index contributed by atoms with van der Waals surface area (Å²) in [7, 11) is 0. The van der Waals surface area contributed by atoms with Gasteiger partial charge in [-0.1, -0.05) is 6.07 Å². The first-order chi connectivity index (χ1) is 9.15. The molecular formula is C14H16FN3S. The fourth-order valence-electron chi connectivity index (χ4n) is 2.37. The Labute approximate surface area is 116 Å². The molecule has 1 aliphatic rings. The standard InChI is InChI=1S/C14H16FN3S/c1-9-8-12(15)5-4-10(9)6-7-18-13(11-2-3-11)16-17-14(18)19/h4-5,8,11H,2-3,6-7H2,1H3,(H,17,19). The van der Waals surface area contributed by atoms with Gasteiger partial charge in [0.25, 0.3) is 0 Å². The van der Waals surface area contributed by atoms with Crippen LogP contribution in [0.4, 0.5) is 4.39 Å². The van der Waals surface area contributed by atoms with Crippen LogP contribution in [-0.4, -0.2) is 14.8 Å². The molecule has 1 saturated carbocycles. The molecule has 1 fully saturated rings. The fourth-order valence-corrected chi connectivity index (χ4v) is 2.60. The van der Waals surface area contributed by atoms with Crippen LogP contribution in [-0.2, 0) is 13.0 Å². The monoisotopic (exact) mass is 277 g/mol. The van der Waals surface area contributed by atoms with Gasteiger partial charge in [0.2, 0.25) is 0 Å². The highest BCUT2D eigenvalue weighted by Crippen LogP contribution is 2.38. The molecule has 0 unspecified atom stereocenters. The van der Waals surface area contributed by atoms with Crippen LogP contribution in [0, 0.1) is 17.5 Å². The number of rotatable bonds is 4. The molecule has 100 valence electrons. The normalized spacial score (nSPS) is 14.8. The van der Waals surface area contributed by atoms with Crippen LogP contribution in [0.3, 0.4) is 0 Å². The van der Waals surface area contributed by atoms with Crippen LogP contribution in [0.2, 0.25) is 0 Å². The lowest BCUT2D eigenvalue weighted by Crippen LogP contribution is -2.06. The van der Waals surface area contributed by atoms with Gasteiger partial charge >= 0.3 is 0 Å². The second-order valence-electron chi connectivity index (χ2n) is 5.13. The zero-order valence-electron chi connectivity index (χ0n) is 10.8. The van der Waals surface area contributed by atoms with Crippen LogP contribution in [0.25, 0.3) is 0 Å². The number of aromatic nitrogens is 3. The third kappa shape index (κ3) is 2.61. The van der Waals surface area contributed by atoms with Crippen LogP contribution >= 0.6 is 12.2 Å². The van der Waals surface area contributed by atoms with E-state index >= 15 is 0 Å². The molecule has 1 N–H and O–H groups in total. The van der Waals surface area contributed by atoms with Gasteiger partial charge < -0.3 is 4.57 Å². The number of benzene rings is 1. The number of aryl methyl sites for hydroxylation is 2. The van der Waals surface area contributed by atoms with E-state index in [1.54, 1.807) is 6.07 Å². The third-order valence-electron chi connectivity index (χ3n) is 3.64. The molecule has 1 aliphatic carbocycles. The number of aromatic amines is 1. The van der Waals surface area contributed by atoms with Crippen molar-refractivity contribution < 1.29 is 4.39 Å². The molecule has 3 rings (SSSR count). The fraction of sp³-hybridized carbons (Fsp3) is 0.429. The highest BCUT2D eigenvalue weighted by Gasteiger charge is 2.28. The molecule has 5 heteroatoms. The summed E-state index contributed by atoms with van der Waals surface area (Å²) < 4.78 is 15.8. The van der Waals surface area contributed by atoms with Crippen molar-refractivity contribution in [2.24, 2.45) is 0 Å². The number of hydrogen-bond acceptors (Lipinski definition) is 2. The first-order valence-corrected chi connectivity index (χ1v) is 6.96. The molecule has 19 heavy (non-hydrogen) atoms. The number of hydrogen-bond donors (Lipinski definition) is 1. The van der Waals surface area contributed by atoms with Gasteiger partial charge in [0.05, 0.1) is 0 Å². The Bertz CT molecular complexity index is 655. The molecule has 0 saturated heterocycles. The molecular weight excluding hydrogens is 261 g/mol. The van der Waals surface area contributed by atoms with E-state index < -0.39 is 0 Å². The molecule has 1 heterocycles. The largest absolute Gasteiger partial charge is 0.304 e.